The molecule has 3 aliphatic heterocycles. The van der Waals surface area contributed by atoms with Crippen molar-refractivity contribution in [3.63, 3.8) is 0 Å². The minimum Gasteiger partial charge on any atom is -0.493 e. The Labute approximate surface area is 277 Å². The average molecular weight is 656 g/mol. The van der Waals surface area contributed by atoms with E-state index < -0.39 is 29.5 Å². The van der Waals surface area contributed by atoms with Gasteiger partial charge in [-0.3, -0.25) is 14.4 Å². The van der Waals surface area contributed by atoms with Gasteiger partial charge in [-0.15, -0.1) is 0 Å². The van der Waals surface area contributed by atoms with Crippen molar-refractivity contribution in [1.29, 1.82) is 0 Å². The molecule has 1 aromatic rings. The second-order valence-corrected chi connectivity index (χ2v) is 12.9. The average Bonchev–Trinajstić information content (AvgIpc) is 3.63. The van der Waals surface area contributed by atoms with Crippen molar-refractivity contribution < 1.29 is 42.9 Å². The van der Waals surface area contributed by atoms with Crippen LogP contribution in [0.15, 0.2) is 30.0 Å². The largest absolute Gasteiger partial charge is 0.493 e. The van der Waals surface area contributed by atoms with Crippen LogP contribution in [0.1, 0.15) is 57.9 Å². The number of esters is 1. The lowest BCUT2D eigenvalue weighted by Gasteiger charge is -2.52. The highest BCUT2D eigenvalue weighted by molar-refractivity contribution is 5.93. The van der Waals surface area contributed by atoms with E-state index in [0.29, 0.717) is 62.3 Å². The maximum absolute atomic E-state index is 14.5. The van der Waals surface area contributed by atoms with Crippen LogP contribution in [0.3, 0.4) is 0 Å². The first kappa shape index (κ1) is 34.5. The molecule has 0 aromatic heterocycles. The van der Waals surface area contributed by atoms with Gasteiger partial charge in [-0.05, 0) is 69.2 Å². The third kappa shape index (κ3) is 6.93. The van der Waals surface area contributed by atoms with Crippen LogP contribution in [0.25, 0.3) is 0 Å². The predicted octanol–water partition coefficient (Wildman–Crippen LogP) is 3.81. The molecule has 0 N–H and O–H groups in total. The van der Waals surface area contributed by atoms with Crippen molar-refractivity contribution in [2.45, 2.75) is 71.0 Å². The van der Waals surface area contributed by atoms with Gasteiger partial charge in [0.05, 0.1) is 40.1 Å². The fourth-order valence-electron chi connectivity index (χ4n) is 7.75. The zero-order valence-corrected chi connectivity index (χ0v) is 28.3. The highest BCUT2D eigenvalue weighted by Gasteiger charge is 2.60. The number of methoxy groups -OCH3 is 3. The van der Waals surface area contributed by atoms with E-state index in [-0.39, 0.29) is 37.4 Å². The van der Waals surface area contributed by atoms with Gasteiger partial charge in [0, 0.05) is 50.8 Å². The van der Waals surface area contributed by atoms with Gasteiger partial charge in [-0.1, -0.05) is 18.9 Å². The monoisotopic (exact) mass is 655 g/mol. The molecule has 5 rings (SSSR count). The third-order valence-electron chi connectivity index (χ3n) is 10.4. The number of rotatable bonds is 10. The maximum Gasteiger partial charge on any atom is 0.409 e. The van der Waals surface area contributed by atoms with Crippen molar-refractivity contribution in [1.82, 2.24) is 14.7 Å². The number of hydrogen-bond donors (Lipinski definition) is 0. The quantitative estimate of drug-likeness (QED) is 0.346. The number of likely N-dealkylation sites (tertiary alicyclic amines) is 1. The molecule has 12 heteroatoms. The third-order valence-corrected chi connectivity index (χ3v) is 10.4. The molecule has 4 atom stereocenters. The topological polar surface area (TPSA) is 124 Å². The van der Waals surface area contributed by atoms with Crippen molar-refractivity contribution in [2.24, 2.45) is 17.3 Å². The minimum atomic E-state index is -1.25. The van der Waals surface area contributed by atoms with Gasteiger partial charge in [0.25, 0.3) is 0 Å². The molecule has 4 aliphatic rings. The molecule has 3 heterocycles. The Kier molecular flexibility index (Phi) is 11.0. The number of nitrogens with zero attached hydrogens (tertiary/aromatic N) is 3. The number of ether oxygens (including phenoxy) is 5. The molecule has 0 bridgehead atoms. The lowest BCUT2D eigenvalue weighted by Crippen LogP contribution is -2.61. The van der Waals surface area contributed by atoms with Crippen LogP contribution < -0.4 is 9.47 Å². The summed E-state index contributed by atoms with van der Waals surface area (Å²) in [4.78, 5) is 59.2. The second kappa shape index (κ2) is 15.0. The first-order valence-corrected chi connectivity index (χ1v) is 16.8. The Morgan fingerprint density at radius 1 is 0.979 bits per heavy atom. The van der Waals surface area contributed by atoms with Crippen molar-refractivity contribution in [3.8, 4) is 11.5 Å². The Bertz CT molecular complexity index is 1350. The number of piperidine rings is 1. The number of benzene rings is 1. The summed E-state index contributed by atoms with van der Waals surface area (Å²) in [6.07, 6.45) is 5.68. The van der Waals surface area contributed by atoms with Gasteiger partial charge in [0.2, 0.25) is 11.8 Å². The summed E-state index contributed by atoms with van der Waals surface area (Å²) in [6.45, 7) is 5.62. The number of fused-ring (bicyclic) bond motifs is 1. The van der Waals surface area contributed by atoms with E-state index in [9.17, 15) is 19.2 Å². The molecular formula is C35H49N3O9. The number of carbonyl (C=O) groups excluding carboxylic acids is 4. The standard InChI is InChI=1S/C35H49N3O9/c1-6-46-34(42)37-17-15-36(16-18-37)31(39)20-26-22-35(33(41)45-5)23(2)47-28(25-9-7-8-10-25)21-30(35)38(32(26)40)14-13-24-11-12-27(43-3)29(19-24)44-4/h11-12,19,21,23,25-26,28H,6-10,13-18,20,22H2,1-5H3/t23-,26+,28-,35+/m1/s1. The zero-order valence-electron chi connectivity index (χ0n) is 28.3. The van der Waals surface area contributed by atoms with Crippen LogP contribution in [0.4, 0.5) is 4.79 Å². The molecule has 1 saturated carbocycles. The van der Waals surface area contributed by atoms with Gasteiger partial charge in [0.15, 0.2) is 11.5 Å². The van der Waals surface area contributed by atoms with Gasteiger partial charge < -0.3 is 38.4 Å². The van der Waals surface area contributed by atoms with Gasteiger partial charge >= 0.3 is 12.1 Å². The van der Waals surface area contributed by atoms with Crippen molar-refractivity contribution in [3.05, 3.63) is 35.5 Å². The highest BCUT2D eigenvalue weighted by Crippen LogP contribution is 2.52. The summed E-state index contributed by atoms with van der Waals surface area (Å²) < 4.78 is 28.1. The SMILES string of the molecule is CCOC(=O)N1CCN(C(=O)C[C@H]2C[C@@]3(C(=O)OC)C(=C[C@H](C4CCCC4)O[C@@H]3C)N(CCc3ccc(OC)c(OC)c3)C2=O)CC1. The summed E-state index contributed by atoms with van der Waals surface area (Å²) in [6, 6.07) is 5.66. The normalized spacial score (nSPS) is 26.4. The van der Waals surface area contributed by atoms with E-state index in [1.165, 1.54) is 7.11 Å². The fraction of sp³-hybridized carbons (Fsp3) is 0.657. The molecule has 1 aromatic carbocycles. The van der Waals surface area contributed by atoms with Crippen LogP contribution in [0, 0.1) is 17.3 Å². The van der Waals surface area contributed by atoms with E-state index >= 15 is 0 Å². The van der Waals surface area contributed by atoms with Crippen LogP contribution in [0.2, 0.25) is 0 Å². The number of hydrogen-bond acceptors (Lipinski definition) is 9. The molecule has 3 amide bonds. The molecule has 47 heavy (non-hydrogen) atoms. The highest BCUT2D eigenvalue weighted by atomic mass is 16.6. The molecule has 2 saturated heterocycles. The van der Waals surface area contributed by atoms with E-state index in [1.54, 1.807) is 35.8 Å². The summed E-state index contributed by atoms with van der Waals surface area (Å²) in [5.41, 5.74) is 0.310. The molecule has 3 fully saturated rings. The van der Waals surface area contributed by atoms with Crippen LogP contribution in [-0.2, 0) is 35.0 Å². The Balaban J connectivity index is 1.44. The number of carbonyl (C=O) groups is 4. The molecule has 0 unspecified atom stereocenters. The summed E-state index contributed by atoms with van der Waals surface area (Å²) >= 11 is 0. The molecule has 258 valence electrons. The van der Waals surface area contributed by atoms with E-state index in [4.69, 9.17) is 23.7 Å². The summed E-state index contributed by atoms with van der Waals surface area (Å²) in [5, 5.41) is 0. The van der Waals surface area contributed by atoms with E-state index in [1.807, 2.05) is 31.2 Å². The summed E-state index contributed by atoms with van der Waals surface area (Å²) in [5.74, 6) is -0.0911. The second-order valence-electron chi connectivity index (χ2n) is 12.9. The number of piperazine rings is 1. The van der Waals surface area contributed by atoms with Gasteiger partial charge in [-0.25, -0.2) is 4.79 Å². The first-order valence-electron chi connectivity index (χ1n) is 16.8. The Morgan fingerprint density at radius 3 is 2.30 bits per heavy atom. The molecule has 0 spiro atoms. The lowest BCUT2D eigenvalue weighted by molar-refractivity contribution is -0.178. The van der Waals surface area contributed by atoms with E-state index in [0.717, 1.165) is 31.2 Å². The fourth-order valence-corrected chi connectivity index (χ4v) is 7.75. The smallest absolute Gasteiger partial charge is 0.409 e. The van der Waals surface area contributed by atoms with Crippen LogP contribution >= 0.6 is 0 Å². The van der Waals surface area contributed by atoms with Gasteiger partial charge in [-0.2, -0.15) is 0 Å². The number of amides is 3. The van der Waals surface area contributed by atoms with E-state index in [2.05, 4.69) is 0 Å². The van der Waals surface area contributed by atoms with Crippen molar-refractivity contribution >= 4 is 23.9 Å². The molecule has 1 aliphatic carbocycles. The Hall–Kier alpha value is -3.80. The zero-order chi connectivity index (χ0) is 33.7. The molecule has 12 nitrogen and oxygen atoms in total. The molecular weight excluding hydrogens is 606 g/mol. The van der Waals surface area contributed by atoms with Gasteiger partial charge in [0.1, 0.15) is 5.41 Å². The maximum atomic E-state index is 14.5. The summed E-state index contributed by atoms with van der Waals surface area (Å²) in [7, 11) is 4.52. The predicted molar refractivity (Wildman–Crippen MR) is 172 cm³/mol. The molecule has 0 radical (unpaired) electrons. The first-order chi connectivity index (χ1) is 22.7. The Morgan fingerprint density at radius 2 is 1.66 bits per heavy atom. The lowest BCUT2D eigenvalue weighted by atomic mass is 9.66. The minimum absolute atomic E-state index is 0.0596. The van der Waals surface area contributed by atoms with Crippen LogP contribution in [0.5, 0.6) is 11.5 Å². The van der Waals surface area contributed by atoms with Crippen molar-refractivity contribution in [2.75, 3.05) is 60.7 Å². The van der Waals surface area contributed by atoms with Crippen LogP contribution in [-0.4, -0.2) is 111 Å².